The Kier molecular flexibility index (Phi) is 3.86. The Labute approximate surface area is 122 Å². The normalized spacial score (nSPS) is 13.9. The molecule has 0 saturated carbocycles. The molecule has 0 saturated heterocycles. The molecule has 1 unspecified atom stereocenters. The van der Waals surface area contributed by atoms with Crippen LogP contribution in [-0.2, 0) is 5.41 Å². The third-order valence-electron chi connectivity index (χ3n) is 2.53. The van der Waals surface area contributed by atoms with E-state index in [1.807, 2.05) is 17.4 Å². The Morgan fingerprint density at radius 2 is 1.94 bits per heavy atom. The van der Waals surface area contributed by atoms with Gasteiger partial charge in [0.1, 0.15) is 0 Å². The lowest BCUT2D eigenvalue weighted by atomic mass is 9.95. The summed E-state index contributed by atoms with van der Waals surface area (Å²) in [6.45, 7) is 6.71. The monoisotopic (exact) mass is 376 g/mol. The lowest BCUT2D eigenvalue weighted by Crippen LogP contribution is -2.07. The molecule has 2 aromatic rings. The van der Waals surface area contributed by atoms with Crippen LogP contribution in [0.3, 0.4) is 0 Å². The van der Waals surface area contributed by atoms with Gasteiger partial charge in [0.25, 0.3) is 0 Å². The standard InChI is InChI=1S/C13H14Br2OS/c1-13(2,3)10-5-4-9(17-10)11(14)8-6-7-16-12(8)15/h4-7,11H,1-3H3. The first kappa shape index (κ1) is 13.4. The Bertz CT molecular complexity index is 507. The van der Waals surface area contributed by atoms with E-state index in [9.17, 15) is 0 Å². The highest BCUT2D eigenvalue weighted by atomic mass is 79.9. The van der Waals surface area contributed by atoms with Crippen LogP contribution in [-0.4, -0.2) is 0 Å². The second-order valence-electron chi connectivity index (χ2n) is 4.96. The molecule has 0 spiro atoms. The van der Waals surface area contributed by atoms with Gasteiger partial charge in [-0.2, -0.15) is 0 Å². The van der Waals surface area contributed by atoms with Crippen LogP contribution in [0.1, 0.15) is 40.9 Å². The first-order valence-electron chi connectivity index (χ1n) is 5.37. The molecule has 0 radical (unpaired) electrons. The zero-order valence-corrected chi connectivity index (χ0v) is 13.9. The predicted octanol–water partition coefficient (Wildman–Crippen LogP) is 5.89. The van der Waals surface area contributed by atoms with Gasteiger partial charge in [-0.25, -0.2) is 0 Å². The zero-order chi connectivity index (χ0) is 12.6. The van der Waals surface area contributed by atoms with Gasteiger partial charge in [-0.3, -0.25) is 0 Å². The Morgan fingerprint density at radius 1 is 1.24 bits per heavy atom. The van der Waals surface area contributed by atoms with Gasteiger partial charge < -0.3 is 4.42 Å². The fourth-order valence-corrected chi connectivity index (χ4v) is 4.16. The number of hydrogen-bond donors (Lipinski definition) is 0. The van der Waals surface area contributed by atoms with E-state index in [-0.39, 0.29) is 10.2 Å². The Morgan fingerprint density at radius 3 is 2.41 bits per heavy atom. The summed E-state index contributed by atoms with van der Waals surface area (Å²) < 4.78 is 6.07. The van der Waals surface area contributed by atoms with E-state index in [0.717, 1.165) is 10.2 Å². The minimum atomic E-state index is 0.191. The third kappa shape index (κ3) is 2.85. The van der Waals surface area contributed by atoms with Gasteiger partial charge in [0.2, 0.25) is 0 Å². The molecular formula is C13H14Br2OS. The molecule has 0 N–H and O–H groups in total. The molecule has 4 heteroatoms. The van der Waals surface area contributed by atoms with Crippen molar-refractivity contribution in [3.63, 3.8) is 0 Å². The van der Waals surface area contributed by atoms with Crippen LogP contribution in [0, 0.1) is 0 Å². The van der Waals surface area contributed by atoms with Gasteiger partial charge in [-0.15, -0.1) is 11.3 Å². The van der Waals surface area contributed by atoms with Crippen molar-refractivity contribution in [2.75, 3.05) is 0 Å². The number of alkyl halides is 1. The average Bonchev–Trinajstić information content (AvgIpc) is 2.83. The molecule has 1 nitrogen and oxygen atoms in total. The maximum Gasteiger partial charge on any atom is 0.173 e. The van der Waals surface area contributed by atoms with Crippen molar-refractivity contribution in [2.24, 2.45) is 0 Å². The maximum absolute atomic E-state index is 5.27. The molecule has 0 fully saturated rings. The maximum atomic E-state index is 5.27. The fourth-order valence-electron chi connectivity index (χ4n) is 1.53. The summed E-state index contributed by atoms with van der Waals surface area (Å²) in [7, 11) is 0. The predicted molar refractivity (Wildman–Crippen MR) is 80.2 cm³/mol. The molecule has 0 aliphatic heterocycles. The van der Waals surface area contributed by atoms with Gasteiger partial charge in [-0.1, -0.05) is 36.7 Å². The van der Waals surface area contributed by atoms with Crippen LogP contribution in [0.25, 0.3) is 0 Å². The van der Waals surface area contributed by atoms with Crippen molar-refractivity contribution in [3.8, 4) is 0 Å². The lowest BCUT2D eigenvalue weighted by molar-refractivity contribution is 0.538. The second kappa shape index (κ2) is 4.90. The van der Waals surface area contributed by atoms with Crippen LogP contribution < -0.4 is 0 Å². The van der Waals surface area contributed by atoms with E-state index in [1.54, 1.807) is 6.26 Å². The molecule has 1 atom stereocenters. The number of hydrogen-bond acceptors (Lipinski definition) is 2. The van der Waals surface area contributed by atoms with Crippen LogP contribution in [0.4, 0.5) is 0 Å². The summed E-state index contributed by atoms with van der Waals surface area (Å²) in [6.07, 6.45) is 1.70. The van der Waals surface area contributed by atoms with Crippen LogP contribution in [0.2, 0.25) is 0 Å². The number of halogens is 2. The molecule has 0 amide bonds. The second-order valence-corrected chi connectivity index (χ2v) is 7.72. The minimum absolute atomic E-state index is 0.191. The van der Waals surface area contributed by atoms with Gasteiger partial charge in [0.05, 0.1) is 11.1 Å². The van der Waals surface area contributed by atoms with E-state index in [1.165, 1.54) is 9.75 Å². The van der Waals surface area contributed by atoms with Crippen molar-refractivity contribution in [1.29, 1.82) is 0 Å². The zero-order valence-electron chi connectivity index (χ0n) is 9.96. The highest BCUT2D eigenvalue weighted by Crippen LogP contribution is 2.41. The van der Waals surface area contributed by atoms with E-state index >= 15 is 0 Å². The molecule has 0 aliphatic rings. The molecule has 2 rings (SSSR count). The molecule has 92 valence electrons. The van der Waals surface area contributed by atoms with Crippen LogP contribution in [0.15, 0.2) is 33.5 Å². The quantitative estimate of drug-likeness (QED) is 0.595. The van der Waals surface area contributed by atoms with Crippen molar-refractivity contribution >= 4 is 43.2 Å². The number of rotatable bonds is 2. The third-order valence-corrected chi connectivity index (χ3v) is 6.05. The highest BCUT2D eigenvalue weighted by molar-refractivity contribution is 9.10. The summed E-state index contributed by atoms with van der Waals surface area (Å²) in [5.41, 5.74) is 1.34. The SMILES string of the molecule is CC(C)(C)c1ccc(C(Br)c2ccoc2Br)s1. The number of thiophene rings is 1. The van der Waals surface area contributed by atoms with Crippen molar-refractivity contribution in [2.45, 2.75) is 31.0 Å². The van der Waals surface area contributed by atoms with Crippen LogP contribution in [0.5, 0.6) is 0 Å². The van der Waals surface area contributed by atoms with E-state index in [4.69, 9.17) is 4.42 Å². The molecular weight excluding hydrogens is 364 g/mol. The van der Waals surface area contributed by atoms with Crippen molar-refractivity contribution in [1.82, 2.24) is 0 Å². The van der Waals surface area contributed by atoms with Crippen molar-refractivity contribution < 1.29 is 4.42 Å². The minimum Gasteiger partial charge on any atom is -0.457 e. The fraction of sp³-hybridized carbons (Fsp3) is 0.385. The first-order valence-corrected chi connectivity index (χ1v) is 7.89. The summed E-state index contributed by atoms with van der Waals surface area (Å²) in [5, 5.41) is 0. The van der Waals surface area contributed by atoms with E-state index in [0.29, 0.717) is 0 Å². The molecule has 2 aromatic heterocycles. The molecule has 0 aromatic carbocycles. The summed E-state index contributed by atoms with van der Waals surface area (Å²) in [4.78, 5) is 2.89. The highest BCUT2D eigenvalue weighted by Gasteiger charge is 2.21. The van der Waals surface area contributed by atoms with Crippen LogP contribution >= 0.6 is 43.2 Å². The molecule has 2 heterocycles. The summed E-state index contributed by atoms with van der Waals surface area (Å²) >= 11 is 8.99. The first-order chi connectivity index (χ1) is 7.89. The average molecular weight is 378 g/mol. The Balaban J connectivity index is 2.30. The smallest absolute Gasteiger partial charge is 0.173 e. The molecule has 0 bridgehead atoms. The summed E-state index contributed by atoms with van der Waals surface area (Å²) in [5.74, 6) is 0. The van der Waals surface area contributed by atoms with Gasteiger partial charge in [0, 0.05) is 15.3 Å². The molecule has 0 aliphatic carbocycles. The Hall–Kier alpha value is -0.0600. The van der Waals surface area contributed by atoms with Gasteiger partial charge in [0.15, 0.2) is 4.67 Å². The summed E-state index contributed by atoms with van der Waals surface area (Å²) in [6, 6.07) is 6.38. The topological polar surface area (TPSA) is 13.1 Å². The lowest BCUT2D eigenvalue weighted by Gasteiger charge is -2.15. The van der Waals surface area contributed by atoms with Gasteiger partial charge in [-0.05, 0) is 39.5 Å². The van der Waals surface area contributed by atoms with Gasteiger partial charge >= 0.3 is 0 Å². The number of furan rings is 1. The molecule has 17 heavy (non-hydrogen) atoms. The largest absolute Gasteiger partial charge is 0.457 e. The van der Waals surface area contributed by atoms with E-state index in [2.05, 4.69) is 64.8 Å². The van der Waals surface area contributed by atoms with Crippen molar-refractivity contribution in [3.05, 3.63) is 44.4 Å². The van der Waals surface area contributed by atoms with E-state index < -0.39 is 0 Å².